The largest absolute Gasteiger partial charge is 0.478 e. The standard InChI is InChI=1S/C13H15NO3S/c1-7-5-10(8-3-4-8)11(14-13(17)18-2)6-9(7)12(15)16/h5-6,8,10H,3-4H2,1-2H3,(H,15,16). The molecule has 0 aromatic carbocycles. The van der Waals surface area contributed by atoms with Crippen molar-refractivity contribution < 1.29 is 14.7 Å². The average molecular weight is 265 g/mol. The van der Waals surface area contributed by atoms with Gasteiger partial charge < -0.3 is 5.11 Å². The van der Waals surface area contributed by atoms with Gasteiger partial charge in [-0.1, -0.05) is 17.8 Å². The van der Waals surface area contributed by atoms with Gasteiger partial charge >= 0.3 is 11.2 Å². The third-order valence-corrected chi connectivity index (χ3v) is 3.68. The Morgan fingerprint density at radius 1 is 1.44 bits per heavy atom. The van der Waals surface area contributed by atoms with Crippen molar-refractivity contribution in [3.05, 3.63) is 23.3 Å². The molecule has 18 heavy (non-hydrogen) atoms. The number of hydrogen-bond donors (Lipinski definition) is 1. The fourth-order valence-electron chi connectivity index (χ4n) is 2.12. The molecule has 2 aliphatic rings. The summed E-state index contributed by atoms with van der Waals surface area (Å²) in [6, 6.07) is 0. The molecule has 1 fully saturated rings. The lowest BCUT2D eigenvalue weighted by molar-refractivity contribution is -0.132. The molecule has 0 heterocycles. The highest BCUT2D eigenvalue weighted by atomic mass is 32.2. The fraction of sp³-hybridized carbons (Fsp3) is 0.462. The minimum absolute atomic E-state index is 0.101. The van der Waals surface area contributed by atoms with Crippen molar-refractivity contribution in [1.29, 1.82) is 0 Å². The average Bonchev–Trinajstić information content (AvgIpc) is 3.14. The fourth-order valence-corrected chi connectivity index (χ4v) is 2.32. The molecule has 0 radical (unpaired) electrons. The minimum atomic E-state index is -0.970. The molecule has 0 aromatic heterocycles. The zero-order valence-corrected chi connectivity index (χ0v) is 11.2. The lowest BCUT2D eigenvalue weighted by atomic mass is 9.86. The zero-order chi connectivity index (χ0) is 13.3. The van der Waals surface area contributed by atoms with Crippen LogP contribution in [0.5, 0.6) is 0 Å². The monoisotopic (exact) mass is 265 g/mol. The van der Waals surface area contributed by atoms with Gasteiger partial charge in [0.25, 0.3) is 0 Å². The SMILES string of the molecule is CSC(=O)N=C1C=C(C(=O)O)C(C)=CC1C1CC1. The molecule has 0 spiro atoms. The predicted molar refractivity (Wildman–Crippen MR) is 72.0 cm³/mol. The van der Waals surface area contributed by atoms with Crippen LogP contribution >= 0.6 is 11.8 Å². The Hall–Kier alpha value is -1.36. The maximum atomic E-state index is 11.4. The molecule has 1 atom stereocenters. The molecule has 2 aliphatic carbocycles. The van der Waals surface area contributed by atoms with Crippen molar-refractivity contribution >= 4 is 28.7 Å². The van der Waals surface area contributed by atoms with Crippen molar-refractivity contribution in [1.82, 2.24) is 0 Å². The van der Waals surface area contributed by atoms with Crippen LogP contribution in [-0.4, -0.2) is 28.3 Å². The molecule has 2 rings (SSSR count). The number of thioether (sulfide) groups is 1. The molecule has 0 aliphatic heterocycles. The third-order valence-electron chi connectivity index (χ3n) is 3.24. The Bertz CT molecular complexity index is 486. The maximum absolute atomic E-state index is 11.4. The number of rotatable bonds is 2. The van der Waals surface area contributed by atoms with Crippen LogP contribution in [0.15, 0.2) is 28.3 Å². The predicted octanol–water partition coefficient (Wildman–Crippen LogP) is 2.91. The Kier molecular flexibility index (Phi) is 3.71. The summed E-state index contributed by atoms with van der Waals surface area (Å²) >= 11 is 1.04. The summed E-state index contributed by atoms with van der Waals surface area (Å²) in [6.45, 7) is 1.79. The van der Waals surface area contributed by atoms with E-state index in [4.69, 9.17) is 5.11 Å². The Balaban J connectivity index is 2.36. The van der Waals surface area contributed by atoms with E-state index in [0.29, 0.717) is 11.6 Å². The van der Waals surface area contributed by atoms with Crippen LogP contribution in [0.2, 0.25) is 0 Å². The van der Waals surface area contributed by atoms with Crippen LogP contribution in [0.25, 0.3) is 0 Å². The van der Waals surface area contributed by atoms with Crippen molar-refractivity contribution in [2.45, 2.75) is 19.8 Å². The molecule has 1 amide bonds. The van der Waals surface area contributed by atoms with Gasteiger partial charge in [-0.3, -0.25) is 4.79 Å². The van der Waals surface area contributed by atoms with E-state index in [1.54, 1.807) is 19.3 Å². The van der Waals surface area contributed by atoms with Gasteiger partial charge in [0.15, 0.2) is 0 Å². The van der Waals surface area contributed by atoms with Gasteiger partial charge in [-0.15, -0.1) is 0 Å². The molecule has 1 N–H and O–H groups in total. The number of carbonyl (C=O) groups is 2. The molecule has 1 unspecified atom stereocenters. The maximum Gasteiger partial charge on any atom is 0.336 e. The number of amides is 1. The molecule has 96 valence electrons. The molecule has 0 bridgehead atoms. The molecule has 0 saturated heterocycles. The molecule has 5 heteroatoms. The Morgan fingerprint density at radius 2 is 2.11 bits per heavy atom. The van der Waals surface area contributed by atoms with Crippen LogP contribution in [0.3, 0.4) is 0 Å². The van der Waals surface area contributed by atoms with Gasteiger partial charge in [-0.2, -0.15) is 0 Å². The van der Waals surface area contributed by atoms with E-state index in [-0.39, 0.29) is 16.7 Å². The van der Waals surface area contributed by atoms with E-state index < -0.39 is 5.97 Å². The highest BCUT2D eigenvalue weighted by molar-refractivity contribution is 8.13. The zero-order valence-electron chi connectivity index (χ0n) is 10.3. The van der Waals surface area contributed by atoms with Gasteiger partial charge in [0, 0.05) is 5.92 Å². The first kappa shape index (κ1) is 13.1. The lowest BCUT2D eigenvalue weighted by Gasteiger charge is -2.19. The first-order valence-corrected chi connectivity index (χ1v) is 7.05. The summed E-state index contributed by atoms with van der Waals surface area (Å²) in [5.41, 5.74) is 1.59. The minimum Gasteiger partial charge on any atom is -0.478 e. The summed E-state index contributed by atoms with van der Waals surface area (Å²) in [5.74, 6) is -0.355. The molecular weight excluding hydrogens is 250 g/mol. The number of carboxylic acids is 1. The van der Waals surface area contributed by atoms with Crippen molar-refractivity contribution in [2.24, 2.45) is 16.8 Å². The van der Waals surface area contributed by atoms with Crippen LogP contribution in [0, 0.1) is 11.8 Å². The number of aliphatic carboxylic acids is 1. The van der Waals surface area contributed by atoms with E-state index in [1.807, 2.05) is 6.08 Å². The van der Waals surface area contributed by atoms with Crippen molar-refractivity contribution in [3.8, 4) is 0 Å². The number of aliphatic imine (C=N–C) groups is 1. The summed E-state index contributed by atoms with van der Waals surface area (Å²) in [5, 5.41) is 8.83. The number of allylic oxidation sites excluding steroid dienone is 2. The van der Waals surface area contributed by atoms with Gasteiger partial charge in [0.1, 0.15) is 0 Å². The number of carbonyl (C=O) groups excluding carboxylic acids is 1. The summed E-state index contributed by atoms with van der Waals surface area (Å²) in [6.07, 6.45) is 7.40. The second-order valence-corrected chi connectivity index (χ2v) is 5.34. The molecule has 4 nitrogen and oxygen atoms in total. The van der Waals surface area contributed by atoms with Crippen LogP contribution < -0.4 is 0 Å². The van der Waals surface area contributed by atoms with Gasteiger partial charge in [-0.25, -0.2) is 9.79 Å². The summed E-state index contributed by atoms with van der Waals surface area (Å²) in [7, 11) is 0. The number of nitrogens with zero attached hydrogens (tertiary/aromatic N) is 1. The van der Waals surface area contributed by atoms with Gasteiger partial charge in [0.2, 0.25) is 0 Å². The van der Waals surface area contributed by atoms with Crippen molar-refractivity contribution in [3.63, 3.8) is 0 Å². The van der Waals surface area contributed by atoms with E-state index in [0.717, 1.165) is 30.2 Å². The Morgan fingerprint density at radius 3 is 2.61 bits per heavy atom. The van der Waals surface area contributed by atoms with Gasteiger partial charge in [0.05, 0.1) is 11.3 Å². The van der Waals surface area contributed by atoms with Crippen LogP contribution in [-0.2, 0) is 4.79 Å². The van der Waals surface area contributed by atoms with E-state index in [9.17, 15) is 9.59 Å². The highest BCUT2D eigenvalue weighted by Crippen LogP contribution is 2.41. The number of hydrogen-bond acceptors (Lipinski definition) is 3. The molecule has 0 aromatic rings. The Labute approximate surface area is 110 Å². The van der Waals surface area contributed by atoms with E-state index in [2.05, 4.69) is 4.99 Å². The third kappa shape index (κ3) is 2.72. The summed E-state index contributed by atoms with van der Waals surface area (Å²) < 4.78 is 0. The lowest BCUT2D eigenvalue weighted by Crippen LogP contribution is -2.21. The van der Waals surface area contributed by atoms with Crippen LogP contribution in [0.1, 0.15) is 19.8 Å². The normalized spacial score (nSPS) is 25.7. The van der Waals surface area contributed by atoms with Crippen LogP contribution in [0.4, 0.5) is 4.79 Å². The number of carboxylic acid groups (broad SMARTS) is 1. The molecule has 1 saturated carbocycles. The first-order valence-electron chi connectivity index (χ1n) is 5.83. The smallest absolute Gasteiger partial charge is 0.336 e. The van der Waals surface area contributed by atoms with Gasteiger partial charge in [-0.05, 0) is 43.6 Å². The second kappa shape index (κ2) is 5.10. The van der Waals surface area contributed by atoms with E-state index >= 15 is 0 Å². The highest BCUT2D eigenvalue weighted by Gasteiger charge is 2.35. The second-order valence-electron chi connectivity index (χ2n) is 4.58. The quantitative estimate of drug-likeness (QED) is 0.833. The summed E-state index contributed by atoms with van der Waals surface area (Å²) in [4.78, 5) is 26.5. The first-order chi connectivity index (χ1) is 8.52. The topological polar surface area (TPSA) is 66.7 Å². The van der Waals surface area contributed by atoms with E-state index in [1.165, 1.54) is 0 Å². The molecular formula is C13H15NO3S. The van der Waals surface area contributed by atoms with Crippen molar-refractivity contribution in [2.75, 3.05) is 6.26 Å².